The molecule has 0 spiro atoms. The molecule has 4 nitrogen and oxygen atoms in total. The minimum atomic E-state index is -4.47. The van der Waals surface area contributed by atoms with Crippen molar-refractivity contribution in [1.82, 2.24) is 5.01 Å². The number of fused-ring (bicyclic) bond motifs is 1. The number of rotatable bonds is 4. The van der Waals surface area contributed by atoms with Gasteiger partial charge >= 0.3 is 6.18 Å². The maximum atomic E-state index is 13.1. The van der Waals surface area contributed by atoms with E-state index in [1.807, 2.05) is 0 Å². The van der Waals surface area contributed by atoms with Crippen molar-refractivity contribution >= 4 is 11.6 Å². The van der Waals surface area contributed by atoms with Crippen molar-refractivity contribution in [2.45, 2.75) is 25.6 Å². The number of anilines is 1. The highest BCUT2D eigenvalue weighted by atomic mass is 19.4. The Bertz CT molecular complexity index is 807. The van der Waals surface area contributed by atoms with Crippen LogP contribution in [0.1, 0.15) is 40.9 Å². The molecule has 0 bridgehead atoms. The minimum Gasteiger partial charge on any atom is -0.396 e. The number of carbonyl (C=O) groups is 1. The van der Waals surface area contributed by atoms with Gasteiger partial charge in [0.05, 0.1) is 17.3 Å². The number of carbonyl (C=O) groups excluding carboxylic acids is 1. The number of halogens is 3. The summed E-state index contributed by atoms with van der Waals surface area (Å²) >= 11 is 0. The first-order valence-corrected chi connectivity index (χ1v) is 8.36. The van der Waals surface area contributed by atoms with E-state index in [2.05, 4.69) is 0 Å². The molecule has 3 rings (SSSR count). The molecule has 0 aromatic heterocycles. The van der Waals surface area contributed by atoms with Crippen LogP contribution in [0, 0.1) is 0 Å². The van der Waals surface area contributed by atoms with Gasteiger partial charge in [0.25, 0.3) is 5.91 Å². The average molecular weight is 364 g/mol. The first kappa shape index (κ1) is 18.3. The Kier molecular flexibility index (Phi) is 4.91. The molecule has 1 atom stereocenters. The molecule has 1 amide bonds. The topological polar surface area (TPSA) is 43.8 Å². The number of aliphatic hydroxyl groups is 1. The Morgan fingerprint density at radius 1 is 1.12 bits per heavy atom. The molecule has 1 unspecified atom stereocenters. The molecular weight excluding hydrogens is 345 g/mol. The second kappa shape index (κ2) is 6.99. The Morgan fingerprint density at radius 2 is 1.85 bits per heavy atom. The zero-order chi connectivity index (χ0) is 18.9. The second-order valence-corrected chi connectivity index (χ2v) is 6.03. The molecule has 0 aliphatic carbocycles. The van der Waals surface area contributed by atoms with Gasteiger partial charge < -0.3 is 5.11 Å². The third kappa shape index (κ3) is 3.14. The molecule has 0 fully saturated rings. The van der Waals surface area contributed by atoms with Gasteiger partial charge in [0.15, 0.2) is 0 Å². The Hall–Kier alpha value is -2.54. The van der Waals surface area contributed by atoms with Crippen LogP contribution in [0.4, 0.5) is 18.9 Å². The number of benzene rings is 2. The summed E-state index contributed by atoms with van der Waals surface area (Å²) in [6.07, 6.45) is -4.19. The SMILES string of the molecule is CCN1C(=O)c2ccccc2C(CCO)N1c1cccc(C(F)(F)F)c1. The van der Waals surface area contributed by atoms with Gasteiger partial charge in [-0.05, 0) is 43.2 Å². The van der Waals surface area contributed by atoms with Gasteiger partial charge in [-0.15, -0.1) is 0 Å². The number of hydrogen-bond donors (Lipinski definition) is 1. The maximum Gasteiger partial charge on any atom is 0.416 e. The number of alkyl halides is 3. The van der Waals surface area contributed by atoms with E-state index in [1.165, 1.54) is 11.1 Å². The van der Waals surface area contributed by atoms with E-state index in [1.54, 1.807) is 42.3 Å². The van der Waals surface area contributed by atoms with Gasteiger partial charge in [0.2, 0.25) is 0 Å². The standard InChI is InChI=1S/C19H19F3N2O2/c1-2-23-18(26)16-9-4-3-8-15(16)17(10-11-25)24(23)14-7-5-6-13(12-14)19(20,21)22/h3-9,12,17,25H,2,10-11H2,1H3. The van der Waals surface area contributed by atoms with Crippen LogP contribution in [-0.2, 0) is 6.18 Å². The van der Waals surface area contributed by atoms with E-state index in [9.17, 15) is 23.1 Å². The predicted molar refractivity (Wildman–Crippen MR) is 91.5 cm³/mol. The number of nitrogens with zero attached hydrogens (tertiary/aromatic N) is 2. The molecular formula is C19H19F3N2O2. The van der Waals surface area contributed by atoms with Crippen LogP contribution in [0.25, 0.3) is 0 Å². The molecule has 26 heavy (non-hydrogen) atoms. The summed E-state index contributed by atoms with van der Waals surface area (Å²) in [6.45, 7) is 1.91. The quantitative estimate of drug-likeness (QED) is 0.891. The van der Waals surface area contributed by atoms with E-state index < -0.39 is 17.8 Å². The number of aliphatic hydroxyl groups excluding tert-OH is 1. The van der Waals surface area contributed by atoms with Gasteiger partial charge in [0, 0.05) is 18.7 Å². The fourth-order valence-corrected chi connectivity index (χ4v) is 3.36. The molecule has 7 heteroatoms. The lowest BCUT2D eigenvalue weighted by molar-refractivity contribution is -0.137. The van der Waals surface area contributed by atoms with E-state index in [0.717, 1.165) is 12.1 Å². The van der Waals surface area contributed by atoms with Gasteiger partial charge in [-0.2, -0.15) is 13.2 Å². The third-order valence-electron chi connectivity index (χ3n) is 4.48. The Morgan fingerprint density at radius 3 is 2.50 bits per heavy atom. The lowest BCUT2D eigenvalue weighted by atomic mass is 9.94. The first-order chi connectivity index (χ1) is 12.4. The molecule has 138 valence electrons. The van der Waals surface area contributed by atoms with Crippen molar-refractivity contribution in [2.75, 3.05) is 18.2 Å². The van der Waals surface area contributed by atoms with E-state index >= 15 is 0 Å². The monoisotopic (exact) mass is 364 g/mol. The molecule has 1 heterocycles. The normalized spacial score (nSPS) is 17.4. The fraction of sp³-hybridized carbons (Fsp3) is 0.316. The summed E-state index contributed by atoms with van der Waals surface area (Å²) in [5.74, 6) is -0.269. The highest BCUT2D eigenvalue weighted by Crippen LogP contribution is 2.40. The molecule has 0 radical (unpaired) electrons. The van der Waals surface area contributed by atoms with Crippen LogP contribution in [-0.4, -0.2) is 29.2 Å². The molecule has 1 aliphatic rings. The number of hydrazine groups is 1. The lowest BCUT2D eigenvalue weighted by Crippen LogP contribution is -2.52. The van der Waals surface area contributed by atoms with Gasteiger partial charge in [0.1, 0.15) is 0 Å². The van der Waals surface area contributed by atoms with Crippen molar-refractivity contribution < 1.29 is 23.1 Å². The van der Waals surface area contributed by atoms with Crippen LogP contribution < -0.4 is 5.01 Å². The van der Waals surface area contributed by atoms with Crippen LogP contribution in [0.2, 0.25) is 0 Å². The molecule has 0 saturated carbocycles. The van der Waals surface area contributed by atoms with Gasteiger partial charge in [-0.3, -0.25) is 9.80 Å². The van der Waals surface area contributed by atoms with Crippen molar-refractivity contribution in [3.63, 3.8) is 0 Å². The third-order valence-corrected chi connectivity index (χ3v) is 4.48. The summed E-state index contributed by atoms with van der Waals surface area (Å²) in [7, 11) is 0. The van der Waals surface area contributed by atoms with Crippen molar-refractivity contribution in [3.05, 3.63) is 65.2 Å². The van der Waals surface area contributed by atoms with Gasteiger partial charge in [-0.25, -0.2) is 5.01 Å². The van der Waals surface area contributed by atoms with E-state index in [-0.39, 0.29) is 24.6 Å². The highest BCUT2D eigenvalue weighted by molar-refractivity contribution is 5.98. The second-order valence-electron chi connectivity index (χ2n) is 6.03. The smallest absolute Gasteiger partial charge is 0.396 e. The van der Waals surface area contributed by atoms with E-state index in [0.29, 0.717) is 17.7 Å². The Labute approximate surface area is 149 Å². The minimum absolute atomic E-state index is 0.153. The summed E-state index contributed by atoms with van der Waals surface area (Å²) < 4.78 is 39.4. The molecule has 2 aromatic rings. The maximum absolute atomic E-state index is 13.1. The van der Waals surface area contributed by atoms with E-state index in [4.69, 9.17) is 0 Å². The lowest BCUT2D eigenvalue weighted by Gasteiger charge is -2.46. The van der Waals surface area contributed by atoms with Crippen molar-refractivity contribution in [1.29, 1.82) is 0 Å². The molecule has 1 N–H and O–H groups in total. The molecule has 2 aromatic carbocycles. The molecule has 0 saturated heterocycles. The largest absolute Gasteiger partial charge is 0.416 e. The first-order valence-electron chi connectivity index (χ1n) is 8.36. The van der Waals surface area contributed by atoms with Gasteiger partial charge in [-0.1, -0.05) is 24.3 Å². The van der Waals surface area contributed by atoms with Crippen LogP contribution in [0.5, 0.6) is 0 Å². The Balaban J connectivity index is 2.16. The van der Waals surface area contributed by atoms with Crippen molar-refractivity contribution in [2.24, 2.45) is 0 Å². The summed E-state index contributed by atoms with van der Waals surface area (Å²) in [6, 6.07) is 11.5. The molecule has 1 aliphatic heterocycles. The zero-order valence-electron chi connectivity index (χ0n) is 14.2. The van der Waals surface area contributed by atoms with Crippen LogP contribution >= 0.6 is 0 Å². The summed E-state index contributed by atoms with van der Waals surface area (Å²) in [5.41, 5.74) is 0.702. The zero-order valence-corrected chi connectivity index (χ0v) is 14.2. The summed E-state index contributed by atoms with van der Waals surface area (Å²) in [5, 5.41) is 12.5. The highest BCUT2D eigenvalue weighted by Gasteiger charge is 2.38. The number of hydrogen-bond acceptors (Lipinski definition) is 3. The predicted octanol–water partition coefficient (Wildman–Crippen LogP) is 4.03. The average Bonchev–Trinajstić information content (AvgIpc) is 2.63. The number of amides is 1. The van der Waals surface area contributed by atoms with Crippen LogP contribution in [0.3, 0.4) is 0 Å². The van der Waals surface area contributed by atoms with Crippen LogP contribution in [0.15, 0.2) is 48.5 Å². The van der Waals surface area contributed by atoms with Crippen molar-refractivity contribution in [3.8, 4) is 0 Å². The summed E-state index contributed by atoms with van der Waals surface area (Å²) in [4.78, 5) is 12.9. The fourth-order valence-electron chi connectivity index (χ4n) is 3.36.